The molecule has 0 spiro atoms. The Balaban J connectivity index is 3.52. The lowest BCUT2D eigenvalue weighted by Gasteiger charge is -2.29. The van der Waals surface area contributed by atoms with Crippen molar-refractivity contribution in [2.45, 2.75) is 65.7 Å². The Bertz CT molecular complexity index is 534. The van der Waals surface area contributed by atoms with Crippen molar-refractivity contribution in [3.8, 4) is 5.75 Å². The fraction of sp³-hybridized carbons (Fsp3) is 0.579. The minimum absolute atomic E-state index is 0.221. The van der Waals surface area contributed by atoms with Crippen LogP contribution in [0.2, 0.25) is 0 Å². The number of carboxylic acid groups (broad SMARTS) is 1. The SMILES string of the molecule is [CH2]C(C)(Cc1cc(C(C)(C)C)c(O)c(C(C)(C)C)c1)C(=O)O. The predicted octanol–water partition coefficient (Wildman–Crippen LogP) is 4.45. The highest BCUT2D eigenvalue weighted by Crippen LogP contribution is 2.40. The summed E-state index contributed by atoms with van der Waals surface area (Å²) in [5.41, 5.74) is 1.06. The van der Waals surface area contributed by atoms with Gasteiger partial charge < -0.3 is 10.2 Å². The van der Waals surface area contributed by atoms with E-state index in [1.165, 1.54) is 0 Å². The highest BCUT2D eigenvalue weighted by molar-refractivity contribution is 5.75. The van der Waals surface area contributed by atoms with E-state index < -0.39 is 11.4 Å². The number of carbonyl (C=O) groups is 1. The number of aromatic hydroxyl groups is 1. The first-order chi connectivity index (χ1) is 9.66. The van der Waals surface area contributed by atoms with Crippen LogP contribution in [-0.4, -0.2) is 16.2 Å². The first-order valence-electron chi connectivity index (χ1n) is 7.62. The standard InChI is InChI=1S/C19H29O3/c1-17(2,3)13-9-12(11-19(7,8)16(21)22)10-14(15(13)20)18(4,5)6/h9-10,20H,7,11H2,1-6,8H3,(H,21,22). The van der Waals surface area contributed by atoms with Crippen molar-refractivity contribution in [3.05, 3.63) is 35.7 Å². The number of aliphatic carboxylic acids is 1. The number of phenolic OH excluding ortho intramolecular Hbond substituents is 1. The molecule has 1 aromatic carbocycles. The molecule has 0 heterocycles. The third-order valence-corrected chi connectivity index (χ3v) is 3.90. The summed E-state index contributed by atoms with van der Waals surface area (Å²) in [6, 6.07) is 3.83. The quantitative estimate of drug-likeness (QED) is 0.867. The fourth-order valence-corrected chi connectivity index (χ4v) is 2.47. The number of carboxylic acids is 1. The molecule has 1 atom stereocenters. The van der Waals surface area contributed by atoms with Gasteiger partial charge in [0.1, 0.15) is 5.75 Å². The third-order valence-electron chi connectivity index (χ3n) is 3.90. The van der Waals surface area contributed by atoms with E-state index >= 15 is 0 Å². The van der Waals surface area contributed by atoms with Gasteiger partial charge in [0.15, 0.2) is 0 Å². The smallest absolute Gasteiger partial charge is 0.309 e. The van der Waals surface area contributed by atoms with Gasteiger partial charge in [-0.2, -0.15) is 0 Å². The van der Waals surface area contributed by atoms with Crippen LogP contribution in [0.1, 0.15) is 65.2 Å². The Morgan fingerprint density at radius 3 is 1.64 bits per heavy atom. The van der Waals surface area contributed by atoms with E-state index in [2.05, 4.69) is 6.92 Å². The second-order valence-corrected chi connectivity index (χ2v) is 8.58. The summed E-state index contributed by atoms with van der Waals surface area (Å²) >= 11 is 0. The number of phenols is 1. The summed E-state index contributed by atoms with van der Waals surface area (Å²) in [5, 5.41) is 20.0. The lowest BCUT2D eigenvalue weighted by Crippen LogP contribution is -2.27. The molecular weight excluding hydrogens is 276 g/mol. The molecule has 0 saturated heterocycles. The van der Waals surface area contributed by atoms with Crippen LogP contribution in [-0.2, 0) is 22.0 Å². The maximum Gasteiger partial charge on any atom is 0.309 e. The second kappa shape index (κ2) is 5.60. The largest absolute Gasteiger partial charge is 0.507 e. The molecule has 3 nitrogen and oxygen atoms in total. The van der Waals surface area contributed by atoms with Crippen molar-refractivity contribution >= 4 is 5.97 Å². The Hall–Kier alpha value is -1.51. The molecule has 0 saturated carbocycles. The molecule has 1 rings (SSSR count). The highest BCUT2D eigenvalue weighted by atomic mass is 16.4. The van der Waals surface area contributed by atoms with E-state index in [9.17, 15) is 15.0 Å². The van der Waals surface area contributed by atoms with E-state index in [1.54, 1.807) is 6.92 Å². The van der Waals surface area contributed by atoms with Crippen LogP contribution in [0.15, 0.2) is 12.1 Å². The molecule has 1 radical (unpaired) electrons. The average molecular weight is 305 g/mol. The minimum Gasteiger partial charge on any atom is -0.507 e. The van der Waals surface area contributed by atoms with Gasteiger partial charge in [0.05, 0.1) is 5.41 Å². The van der Waals surface area contributed by atoms with Gasteiger partial charge in [-0.25, -0.2) is 0 Å². The monoisotopic (exact) mass is 305 g/mol. The second-order valence-electron chi connectivity index (χ2n) is 8.58. The highest BCUT2D eigenvalue weighted by Gasteiger charge is 2.31. The van der Waals surface area contributed by atoms with Gasteiger partial charge in [0, 0.05) is 0 Å². The van der Waals surface area contributed by atoms with Gasteiger partial charge in [-0.3, -0.25) is 4.79 Å². The molecule has 0 aliphatic heterocycles. The molecule has 123 valence electrons. The first kappa shape index (κ1) is 18.5. The van der Waals surface area contributed by atoms with Gasteiger partial charge in [0.25, 0.3) is 0 Å². The van der Waals surface area contributed by atoms with Gasteiger partial charge in [0.2, 0.25) is 0 Å². The van der Waals surface area contributed by atoms with Crippen LogP contribution in [0.25, 0.3) is 0 Å². The molecule has 0 aromatic heterocycles. The number of rotatable bonds is 3. The average Bonchev–Trinajstić information content (AvgIpc) is 2.27. The Morgan fingerprint density at radius 1 is 1.00 bits per heavy atom. The summed E-state index contributed by atoms with van der Waals surface area (Å²) in [6.07, 6.45) is 0.328. The topological polar surface area (TPSA) is 57.5 Å². The molecule has 0 aliphatic rings. The minimum atomic E-state index is -1.08. The van der Waals surface area contributed by atoms with E-state index in [0.29, 0.717) is 12.2 Å². The van der Waals surface area contributed by atoms with E-state index in [1.807, 2.05) is 53.7 Å². The van der Waals surface area contributed by atoms with Crippen LogP contribution in [0.3, 0.4) is 0 Å². The summed E-state index contributed by atoms with van der Waals surface area (Å²) < 4.78 is 0. The van der Waals surface area contributed by atoms with Crippen LogP contribution >= 0.6 is 0 Å². The van der Waals surface area contributed by atoms with Crippen LogP contribution < -0.4 is 0 Å². The van der Waals surface area contributed by atoms with Crippen molar-refractivity contribution < 1.29 is 15.0 Å². The van der Waals surface area contributed by atoms with Crippen molar-refractivity contribution in [1.82, 2.24) is 0 Å². The van der Waals surface area contributed by atoms with E-state index in [0.717, 1.165) is 16.7 Å². The van der Waals surface area contributed by atoms with E-state index in [4.69, 9.17) is 0 Å². The van der Waals surface area contributed by atoms with Crippen LogP contribution in [0, 0.1) is 12.3 Å². The molecule has 1 unspecified atom stereocenters. The summed E-state index contributed by atoms with van der Waals surface area (Å²) in [5.74, 6) is -0.611. The molecule has 0 aliphatic carbocycles. The van der Waals surface area contributed by atoms with Crippen LogP contribution in [0.4, 0.5) is 0 Å². The van der Waals surface area contributed by atoms with Crippen LogP contribution in [0.5, 0.6) is 5.75 Å². The zero-order valence-corrected chi connectivity index (χ0v) is 14.9. The Kier molecular flexibility index (Phi) is 4.72. The van der Waals surface area contributed by atoms with Gasteiger partial charge in [-0.1, -0.05) is 53.7 Å². The lowest BCUT2D eigenvalue weighted by atomic mass is 9.76. The van der Waals surface area contributed by atoms with Gasteiger partial charge in [-0.05, 0) is 47.8 Å². The zero-order valence-electron chi connectivity index (χ0n) is 14.9. The molecule has 0 amide bonds. The van der Waals surface area contributed by atoms with Crippen molar-refractivity contribution in [3.63, 3.8) is 0 Å². The normalized spacial score (nSPS) is 13.3. The zero-order chi connectivity index (χ0) is 17.5. The maximum absolute atomic E-state index is 11.3. The summed E-state index contributed by atoms with van der Waals surface area (Å²) in [7, 11) is 0. The summed E-state index contributed by atoms with van der Waals surface area (Å²) in [4.78, 5) is 11.3. The predicted molar refractivity (Wildman–Crippen MR) is 90.3 cm³/mol. The molecule has 0 bridgehead atoms. The summed E-state index contributed by atoms with van der Waals surface area (Å²) in [6.45, 7) is 17.7. The first-order valence-corrected chi connectivity index (χ1v) is 7.62. The number of benzene rings is 1. The van der Waals surface area contributed by atoms with Gasteiger partial charge in [-0.15, -0.1) is 0 Å². The molecule has 3 heteroatoms. The Morgan fingerprint density at radius 2 is 1.36 bits per heavy atom. The van der Waals surface area contributed by atoms with Gasteiger partial charge >= 0.3 is 5.97 Å². The van der Waals surface area contributed by atoms with E-state index in [-0.39, 0.29) is 10.8 Å². The molecule has 1 aromatic rings. The van der Waals surface area contributed by atoms with Crippen molar-refractivity contribution in [1.29, 1.82) is 0 Å². The fourth-order valence-electron chi connectivity index (χ4n) is 2.47. The van der Waals surface area contributed by atoms with Crippen molar-refractivity contribution in [2.75, 3.05) is 0 Å². The Labute approximate surface area is 134 Å². The molecule has 0 fully saturated rings. The number of hydrogen-bond acceptors (Lipinski definition) is 2. The third kappa shape index (κ3) is 4.02. The molecule has 2 N–H and O–H groups in total. The van der Waals surface area contributed by atoms with Crippen molar-refractivity contribution in [2.24, 2.45) is 5.41 Å². The maximum atomic E-state index is 11.3. The number of hydrogen-bond donors (Lipinski definition) is 2. The lowest BCUT2D eigenvalue weighted by molar-refractivity contribution is -0.145. The molecule has 22 heavy (non-hydrogen) atoms. The molecular formula is C19H29O3.